The molecular weight excluding hydrogens is 244 g/mol. The summed E-state index contributed by atoms with van der Waals surface area (Å²) in [5, 5.41) is 0. The molecule has 1 aromatic heterocycles. The van der Waals surface area contributed by atoms with Crippen LogP contribution in [0.5, 0.6) is 0 Å². The second kappa shape index (κ2) is 6.19. The third-order valence-corrected chi connectivity index (χ3v) is 4.36. The number of fused-ring (bicyclic) bond motifs is 1. The van der Waals surface area contributed by atoms with Gasteiger partial charge in [-0.3, -0.25) is 4.98 Å². The Morgan fingerprint density at radius 3 is 2.50 bits per heavy atom. The first-order valence-corrected chi connectivity index (χ1v) is 7.57. The molecule has 3 rings (SSSR count). The highest BCUT2D eigenvalue weighted by atomic mass is 14.6. The molecule has 2 heteroatoms. The summed E-state index contributed by atoms with van der Waals surface area (Å²) in [5.74, 6) is 0.407. The van der Waals surface area contributed by atoms with Crippen LogP contribution in [0.4, 0.5) is 0 Å². The Hall–Kier alpha value is -1.67. The minimum Gasteiger partial charge on any atom is -0.330 e. The lowest BCUT2D eigenvalue weighted by Gasteiger charge is -2.20. The van der Waals surface area contributed by atoms with Crippen molar-refractivity contribution >= 4 is 0 Å². The third-order valence-electron chi connectivity index (χ3n) is 4.36. The highest BCUT2D eigenvalue weighted by Gasteiger charge is 2.15. The third kappa shape index (κ3) is 2.91. The molecule has 0 saturated heterocycles. The largest absolute Gasteiger partial charge is 0.330 e. The average Bonchev–Trinajstić information content (AvgIpc) is 2.53. The van der Waals surface area contributed by atoms with Crippen LogP contribution in [0.1, 0.15) is 41.0 Å². The predicted octanol–water partition coefficient (Wildman–Crippen LogP) is 3.25. The number of aromatic nitrogens is 1. The molecule has 1 aromatic carbocycles. The first-order chi connectivity index (χ1) is 9.86. The standard InChI is InChI=1S/C18H22N2/c19-13-18(11-14-7-9-20-10-8-14)17-6-5-15-3-1-2-4-16(15)12-17/h5-10,12,18H,1-4,11,13,19H2. The van der Waals surface area contributed by atoms with E-state index >= 15 is 0 Å². The van der Waals surface area contributed by atoms with Gasteiger partial charge in [-0.25, -0.2) is 0 Å². The summed E-state index contributed by atoms with van der Waals surface area (Å²) in [6.07, 6.45) is 9.85. The second-order valence-electron chi connectivity index (χ2n) is 5.73. The van der Waals surface area contributed by atoms with Gasteiger partial charge in [0.15, 0.2) is 0 Å². The van der Waals surface area contributed by atoms with E-state index in [9.17, 15) is 0 Å². The number of hydrogen-bond donors (Lipinski definition) is 1. The summed E-state index contributed by atoms with van der Waals surface area (Å²) in [4.78, 5) is 4.08. The first-order valence-electron chi connectivity index (χ1n) is 7.57. The Kier molecular flexibility index (Phi) is 4.12. The van der Waals surface area contributed by atoms with Crippen LogP contribution in [0.3, 0.4) is 0 Å². The molecular formula is C18H22N2. The van der Waals surface area contributed by atoms with Crippen molar-refractivity contribution < 1.29 is 0 Å². The number of rotatable bonds is 4. The van der Waals surface area contributed by atoms with E-state index in [2.05, 4.69) is 35.3 Å². The molecule has 0 bridgehead atoms. The van der Waals surface area contributed by atoms with Crippen LogP contribution in [0.2, 0.25) is 0 Å². The highest BCUT2D eigenvalue weighted by molar-refractivity contribution is 5.36. The van der Waals surface area contributed by atoms with Gasteiger partial charge in [0.25, 0.3) is 0 Å². The summed E-state index contributed by atoms with van der Waals surface area (Å²) in [6.45, 7) is 0.696. The fourth-order valence-corrected chi connectivity index (χ4v) is 3.15. The quantitative estimate of drug-likeness (QED) is 0.922. The highest BCUT2D eigenvalue weighted by Crippen LogP contribution is 2.27. The van der Waals surface area contributed by atoms with Gasteiger partial charge in [-0.05, 0) is 73.0 Å². The molecule has 2 N–H and O–H groups in total. The molecule has 0 spiro atoms. The van der Waals surface area contributed by atoms with Crippen molar-refractivity contribution in [3.05, 3.63) is 65.0 Å². The lowest BCUT2D eigenvalue weighted by Crippen LogP contribution is -2.16. The van der Waals surface area contributed by atoms with E-state index in [4.69, 9.17) is 5.73 Å². The van der Waals surface area contributed by atoms with Crippen molar-refractivity contribution in [3.63, 3.8) is 0 Å². The lowest BCUT2D eigenvalue weighted by molar-refractivity contribution is 0.668. The molecule has 2 nitrogen and oxygen atoms in total. The fourth-order valence-electron chi connectivity index (χ4n) is 3.15. The number of pyridine rings is 1. The maximum absolute atomic E-state index is 6.01. The van der Waals surface area contributed by atoms with Crippen LogP contribution in [0, 0.1) is 0 Å². The molecule has 0 fully saturated rings. The summed E-state index contributed by atoms with van der Waals surface area (Å²) >= 11 is 0. The maximum Gasteiger partial charge on any atom is 0.0270 e. The monoisotopic (exact) mass is 266 g/mol. The molecule has 1 atom stereocenters. The van der Waals surface area contributed by atoms with Gasteiger partial charge in [0.2, 0.25) is 0 Å². The zero-order valence-electron chi connectivity index (χ0n) is 11.9. The zero-order chi connectivity index (χ0) is 13.8. The van der Waals surface area contributed by atoms with Gasteiger partial charge in [-0.15, -0.1) is 0 Å². The Balaban J connectivity index is 1.82. The molecule has 0 aliphatic heterocycles. The van der Waals surface area contributed by atoms with Gasteiger partial charge >= 0.3 is 0 Å². The molecule has 20 heavy (non-hydrogen) atoms. The molecule has 2 aromatic rings. The van der Waals surface area contributed by atoms with Gasteiger partial charge in [0.05, 0.1) is 0 Å². The van der Waals surface area contributed by atoms with Gasteiger partial charge in [0.1, 0.15) is 0 Å². The lowest BCUT2D eigenvalue weighted by atomic mass is 9.86. The SMILES string of the molecule is NCC(Cc1ccncc1)c1ccc2c(c1)CCCC2. The minimum absolute atomic E-state index is 0.407. The number of hydrogen-bond acceptors (Lipinski definition) is 2. The van der Waals surface area contributed by atoms with E-state index in [-0.39, 0.29) is 0 Å². The van der Waals surface area contributed by atoms with Crippen LogP contribution < -0.4 is 5.73 Å². The normalized spacial score (nSPS) is 15.7. The summed E-state index contributed by atoms with van der Waals surface area (Å²) in [6, 6.07) is 11.2. The molecule has 0 radical (unpaired) electrons. The number of aryl methyl sites for hydroxylation is 2. The predicted molar refractivity (Wildman–Crippen MR) is 82.8 cm³/mol. The van der Waals surface area contributed by atoms with E-state index in [1.165, 1.54) is 36.8 Å². The van der Waals surface area contributed by atoms with Gasteiger partial charge < -0.3 is 5.73 Å². The molecule has 104 valence electrons. The number of nitrogens with zero attached hydrogens (tertiary/aromatic N) is 1. The van der Waals surface area contributed by atoms with Crippen molar-refractivity contribution in [1.82, 2.24) is 4.98 Å². The topological polar surface area (TPSA) is 38.9 Å². The first kappa shape index (κ1) is 13.3. The van der Waals surface area contributed by atoms with Crippen molar-refractivity contribution in [2.24, 2.45) is 5.73 Å². The molecule has 1 heterocycles. The Morgan fingerprint density at radius 2 is 1.75 bits per heavy atom. The zero-order valence-corrected chi connectivity index (χ0v) is 11.9. The minimum atomic E-state index is 0.407. The van der Waals surface area contributed by atoms with E-state index in [1.54, 1.807) is 11.1 Å². The van der Waals surface area contributed by atoms with Crippen molar-refractivity contribution in [2.45, 2.75) is 38.0 Å². The molecule has 0 saturated carbocycles. The summed E-state index contributed by atoms with van der Waals surface area (Å²) < 4.78 is 0. The molecule has 0 amide bonds. The Morgan fingerprint density at radius 1 is 1.00 bits per heavy atom. The van der Waals surface area contributed by atoms with Crippen LogP contribution in [-0.2, 0) is 19.3 Å². The van der Waals surface area contributed by atoms with E-state index < -0.39 is 0 Å². The number of benzene rings is 1. The molecule has 1 aliphatic carbocycles. The Labute approximate surface area is 121 Å². The second-order valence-corrected chi connectivity index (χ2v) is 5.73. The molecule has 1 unspecified atom stereocenters. The fraction of sp³-hybridized carbons (Fsp3) is 0.389. The number of nitrogens with two attached hydrogens (primary N) is 1. The summed E-state index contributed by atoms with van der Waals surface area (Å²) in [7, 11) is 0. The van der Waals surface area contributed by atoms with Crippen LogP contribution in [-0.4, -0.2) is 11.5 Å². The van der Waals surface area contributed by atoms with E-state index in [0.29, 0.717) is 12.5 Å². The van der Waals surface area contributed by atoms with Crippen molar-refractivity contribution in [1.29, 1.82) is 0 Å². The average molecular weight is 266 g/mol. The van der Waals surface area contributed by atoms with E-state index in [1.807, 2.05) is 12.4 Å². The van der Waals surface area contributed by atoms with Crippen molar-refractivity contribution in [2.75, 3.05) is 6.54 Å². The van der Waals surface area contributed by atoms with E-state index in [0.717, 1.165) is 6.42 Å². The van der Waals surface area contributed by atoms with Gasteiger partial charge in [0, 0.05) is 18.3 Å². The van der Waals surface area contributed by atoms with Crippen molar-refractivity contribution in [3.8, 4) is 0 Å². The van der Waals surface area contributed by atoms with Gasteiger partial charge in [-0.2, -0.15) is 0 Å². The molecule has 1 aliphatic rings. The maximum atomic E-state index is 6.01. The Bertz CT molecular complexity index is 563. The smallest absolute Gasteiger partial charge is 0.0270 e. The van der Waals surface area contributed by atoms with Crippen LogP contribution in [0.25, 0.3) is 0 Å². The van der Waals surface area contributed by atoms with Crippen LogP contribution >= 0.6 is 0 Å². The van der Waals surface area contributed by atoms with Gasteiger partial charge in [-0.1, -0.05) is 18.2 Å². The summed E-state index contributed by atoms with van der Waals surface area (Å²) in [5.41, 5.74) is 11.8. The van der Waals surface area contributed by atoms with Crippen LogP contribution in [0.15, 0.2) is 42.7 Å².